The third-order valence-corrected chi connectivity index (χ3v) is 11.9. The van der Waals surface area contributed by atoms with Crippen LogP contribution in [0.3, 0.4) is 0 Å². The fourth-order valence-electron chi connectivity index (χ4n) is 8.06. The lowest BCUT2D eigenvalue weighted by atomic mass is 9.76. The molecule has 3 saturated heterocycles. The Bertz CT molecular complexity index is 1920. The number of hydrogen-bond donors (Lipinski definition) is 2. The van der Waals surface area contributed by atoms with Crippen molar-refractivity contribution >= 4 is 41.1 Å². The number of aliphatic carboxylic acids is 1. The first-order valence-electron chi connectivity index (χ1n) is 18.0. The Morgan fingerprint density at radius 3 is 2.25 bits per heavy atom. The molecule has 1 aromatic heterocycles. The third kappa shape index (κ3) is 8.18. The maximum Gasteiger partial charge on any atom is 0.318 e. The molecule has 3 aliphatic heterocycles. The number of nitrogens with one attached hydrogen (secondary N) is 1. The highest BCUT2D eigenvalue weighted by atomic mass is 35.5. The number of hydrogen-bond acceptors (Lipinski definition) is 8. The summed E-state index contributed by atoms with van der Waals surface area (Å²) >= 11 is 12.9. The minimum Gasteiger partial charge on any atom is -0.480 e. The summed E-state index contributed by atoms with van der Waals surface area (Å²) in [5.74, 6) is -0.908. The van der Waals surface area contributed by atoms with Crippen LogP contribution in [0.25, 0.3) is 5.69 Å². The van der Waals surface area contributed by atoms with E-state index in [-0.39, 0.29) is 23.9 Å². The maximum atomic E-state index is 13.9. The number of piperidine rings is 1. The normalized spacial score (nSPS) is 20.7. The van der Waals surface area contributed by atoms with Crippen LogP contribution < -0.4 is 5.32 Å². The van der Waals surface area contributed by atoms with Crippen molar-refractivity contribution in [3.63, 3.8) is 0 Å². The first kappa shape index (κ1) is 36.8. The Labute approximate surface area is 318 Å². The Morgan fingerprint density at radius 1 is 0.774 bits per heavy atom. The first-order chi connectivity index (χ1) is 25.6. The molecule has 2 N–H and O–H groups in total. The number of likely N-dealkylation sites (tertiary alicyclic amines) is 2. The van der Waals surface area contributed by atoms with E-state index in [0.717, 1.165) is 56.4 Å². The molecule has 4 heterocycles. The Hall–Kier alpha value is -4.56. The number of carboxylic acids is 1. The number of carboxylic acid groups (broad SMARTS) is 1. The van der Waals surface area contributed by atoms with E-state index in [2.05, 4.69) is 37.9 Å². The smallest absolute Gasteiger partial charge is 0.318 e. The van der Waals surface area contributed by atoms with E-state index >= 15 is 0 Å². The molecule has 3 fully saturated rings. The van der Waals surface area contributed by atoms with Crippen LogP contribution in [0.15, 0.2) is 79.1 Å². The van der Waals surface area contributed by atoms with E-state index in [1.807, 2.05) is 70.5 Å². The van der Waals surface area contributed by atoms with Gasteiger partial charge < -0.3 is 25.1 Å². The van der Waals surface area contributed by atoms with Crippen molar-refractivity contribution in [1.29, 1.82) is 0 Å². The topological polar surface area (TPSA) is 140 Å². The molecule has 1 atom stereocenters. The summed E-state index contributed by atoms with van der Waals surface area (Å²) in [4.78, 5) is 46.8. The van der Waals surface area contributed by atoms with Gasteiger partial charge in [0.15, 0.2) is 0 Å². The standard InChI is InChI=1S/C38H43Cl2N9O4/c39-32-10-9-30(24-33(32)40)37(12-18-48(26-37)35(52)28-5-4-8-31(23-28)49-27-41-43-44-49)11-15-45-16-13-38(14-17-45,29-6-2-1-3-7-29)42-36(53)47-21-19-46(20-22-47)25-34(50)51/h1-10,23-24,27H,11-22,25-26H2,(H,42,53)(H,50,51). The summed E-state index contributed by atoms with van der Waals surface area (Å²) in [7, 11) is 0. The Morgan fingerprint density at radius 2 is 1.55 bits per heavy atom. The number of halogens is 2. The summed E-state index contributed by atoms with van der Waals surface area (Å²) in [5.41, 5.74) is 2.57. The molecule has 0 saturated carbocycles. The summed E-state index contributed by atoms with van der Waals surface area (Å²) in [6, 6.07) is 23.2. The number of tetrazole rings is 1. The lowest BCUT2D eigenvalue weighted by Crippen LogP contribution is -2.59. The summed E-state index contributed by atoms with van der Waals surface area (Å²) in [6.07, 6.45) is 4.57. The van der Waals surface area contributed by atoms with Gasteiger partial charge in [0.2, 0.25) is 0 Å². The molecule has 4 aromatic rings. The van der Waals surface area contributed by atoms with Gasteiger partial charge in [-0.2, -0.15) is 0 Å². The van der Waals surface area contributed by atoms with Crippen molar-refractivity contribution in [3.8, 4) is 5.69 Å². The van der Waals surface area contributed by atoms with Crippen LogP contribution in [0.5, 0.6) is 0 Å². The predicted molar refractivity (Wildman–Crippen MR) is 200 cm³/mol. The number of carbonyl (C=O) groups is 3. The molecule has 7 rings (SSSR count). The quantitative estimate of drug-likeness (QED) is 0.239. The lowest BCUT2D eigenvalue weighted by molar-refractivity contribution is -0.138. The van der Waals surface area contributed by atoms with E-state index in [0.29, 0.717) is 60.6 Å². The second-order valence-electron chi connectivity index (χ2n) is 14.3. The highest BCUT2D eigenvalue weighted by Gasteiger charge is 2.43. The van der Waals surface area contributed by atoms with E-state index in [1.54, 1.807) is 4.90 Å². The van der Waals surface area contributed by atoms with Crippen molar-refractivity contribution in [3.05, 3.63) is 106 Å². The summed E-state index contributed by atoms with van der Waals surface area (Å²) in [6.45, 7) is 5.52. The molecule has 13 nitrogen and oxygen atoms in total. The zero-order chi connectivity index (χ0) is 37.0. The van der Waals surface area contributed by atoms with Gasteiger partial charge in [-0.25, -0.2) is 9.48 Å². The molecule has 15 heteroatoms. The van der Waals surface area contributed by atoms with Gasteiger partial charge in [-0.3, -0.25) is 14.5 Å². The summed E-state index contributed by atoms with van der Waals surface area (Å²) in [5, 5.41) is 25.0. The van der Waals surface area contributed by atoms with E-state index in [4.69, 9.17) is 23.2 Å². The molecule has 1 unspecified atom stereocenters. The molecule has 3 amide bonds. The van der Waals surface area contributed by atoms with Crippen LogP contribution in [0.1, 0.15) is 47.2 Å². The van der Waals surface area contributed by atoms with Gasteiger partial charge in [0.05, 0.1) is 27.8 Å². The minimum atomic E-state index is -0.858. The average Bonchev–Trinajstić information content (AvgIpc) is 3.88. The third-order valence-electron chi connectivity index (χ3n) is 11.2. The van der Waals surface area contributed by atoms with E-state index in [9.17, 15) is 19.5 Å². The van der Waals surface area contributed by atoms with E-state index in [1.165, 1.54) is 11.0 Å². The monoisotopic (exact) mass is 759 g/mol. The maximum absolute atomic E-state index is 13.9. The Kier molecular flexibility index (Phi) is 11.0. The van der Waals surface area contributed by atoms with Crippen molar-refractivity contribution in [2.75, 3.05) is 65.4 Å². The SMILES string of the molecule is O=C(O)CN1CCN(C(=O)NC2(c3ccccc3)CCN(CCC3(c4ccc(Cl)c(Cl)c4)CCN(C(=O)c4cccc(-n5cnnn5)c4)C3)CC2)CC1. The zero-order valence-electron chi connectivity index (χ0n) is 29.4. The van der Waals surface area contributed by atoms with Crippen LogP contribution in [0.2, 0.25) is 10.0 Å². The number of nitrogens with zero attached hydrogens (tertiary/aromatic N) is 8. The van der Waals surface area contributed by atoms with Gasteiger partial charge in [-0.15, -0.1) is 5.10 Å². The highest BCUT2D eigenvalue weighted by molar-refractivity contribution is 6.42. The minimum absolute atomic E-state index is 0.0171. The molecule has 0 aliphatic carbocycles. The van der Waals surface area contributed by atoms with Gasteiger partial charge in [0, 0.05) is 63.3 Å². The summed E-state index contributed by atoms with van der Waals surface area (Å²) < 4.78 is 1.53. The average molecular weight is 761 g/mol. The second-order valence-corrected chi connectivity index (χ2v) is 15.1. The van der Waals surface area contributed by atoms with Crippen LogP contribution in [0, 0.1) is 0 Å². The number of piperazine rings is 1. The molecule has 3 aliphatic rings. The number of amides is 3. The van der Waals surface area contributed by atoms with Crippen molar-refractivity contribution in [2.24, 2.45) is 0 Å². The van der Waals surface area contributed by atoms with Crippen LogP contribution in [-0.2, 0) is 15.7 Å². The molecule has 53 heavy (non-hydrogen) atoms. The number of benzene rings is 3. The van der Waals surface area contributed by atoms with Crippen LogP contribution >= 0.6 is 23.2 Å². The number of aromatic nitrogens is 4. The van der Waals surface area contributed by atoms with Gasteiger partial charge in [-0.1, -0.05) is 65.7 Å². The van der Waals surface area contributed by atoms with Gasteiger partial charge in [-0.05, 0) is 84.1 Å². The van der Waals surface area contributed by atoms with Crippen molar-refractivity contribution in [2.45, 2.75) is 36.6 Å². The number of rotatable bonds is 10. The molecule has 0 radical (unpaired) electrons. The van der Waals surface area contributed by atoms with Gasteiger partial charge >= 0.3 is 12.0 Å². The lowest BCUT2D eigenvalue weighted by Gasteiger charge is -2.45. The molecule has 0 bridgehead atoms. The van der Waals surface area contributed by atoms with Crippen molar-refractivity contribution < 1.29 is 19.5 Å². The largest absolute Gasteiger partial charge is 0.480 e. The molecule has 3 aromatic carbocycles. The fourth-order valence-corrected chi connectivity index (χ4v) is 8.36. The van der Waals surface area contributed by atoms with Gasteiger partial charge in [0.1, 0.15) is 6.33 Å². The first-order valence-corrected chi connectivity index (χ1v) is 18.8. The second kappa shape index (κ2) is 15.8. The van der Waals surface area contributed by atoms with E-state index < -0.39 is 11.5 Å². The molecular weight excluding hydrogens is 717 g/mol. The number of urea groups is 1. The zero-order valence-corrected chi connectivity index (χ0v) is 30.9. The van der Waals surface area contributed by atoms with Gasteiger partial charge in [0.25, 0.3) is 5.91 Å². The molecule has 278 valence electrons. The van der Waals surface area contributed by atoms with Crippen LogP contribution in [0.4, 0.5) is 4.79 Å². The fraction of sp³-hybridized carbons (Fsp3) is 0.421. The Balaban J connectivity index is 1.04. The molecular formula is C38H43Cl2N9O4. The predicted octanol–water partition coefficient (Wildman–Crippen LogP) is 4.55. The number of carbonyl (C=O) groups excluding carboxylic acids is 2. The highest BCUT2D eigenvalue weighted by Crippen LogP contribution is 2.42. The molecule has 0 spiro atoms. The van der Waals surface area contributed by atoms with Crippen molar-refractivity contribution in [1.82, 2.24) is 45.1 Å². The van der Waals surface area contributed by atoms with Crippen LogP contribution in [-0.4, -0.2) is 128 Å².